The molecule has 20 heavy (non-hydrogen) atoms. The van der Waals surface area contributed by atoms with Crippen LogP contribution in [-0.2, 0) is 6.54 Å². The molecule has 5 heteroatoms. The summed E-state index contributed by atoms with van der Waals surface area (Å²) < 4.78 is 0. The number of carbonyl (C=O) groups excluding carboxylic acids is 1. The fourth-order valence-electron chi connectivity index (χ4n) is 1.67. The molecule has 0 saturated heterocycles. The number of anilines is 1. The van der Waals surface area contributed by atoms with E-state index in [1.807, 2.05) is 30.3 Å². The molecule has 1 heterocycles. The van der Waals surface area contributed by atoms with Crippen molar-refractivity contribution in [2.45, 2.75) is 19.9 Å². The standard InChI is InChI=1S/C15H18N4O/c1-2-10-16-14-9-8-13(18-19-14)15(20)17-11-12-6-4-3-5-7-12/h3-9H,2,10-11H2,1H3,(H,16,19)(H,17,20). The van der Waals surface area contributed by atoms with Gasteiger partial charge in [-0.3, -0.25) is 4.79 Å². The topological polar surface area (TPSA) is 66.9 Å². The molecule has 0 aliphatic rings. The van der Waals surface area contributed by atoms with Gasteiger partial charge in [-0.05, 0) is 24.1 Å². The Morgan fingerprint density at radius 3 is 2.55 bits per heavy atom. The van der Waals surface area contributed by atoms with Crippen LogP contribution < -0.4 is 10.6 Å². The number of hydrogen-bond donors (Lipinski definition) is 2. The van der Waals surface area contributed by atoms with E-state index in [4.69, 9.17) is 0 Å². The first-order valence-corrected chi connectivity index (χ1v) is 6.69. The predicted octanol–water partition coefficient (Wildman–Crippen LogP) is 2.23. The molecular formula is C15H18N4O. The summed E-state index contributed by atoms with van der Waals surface area (Å²) in [5.74, 6) is 0.467. The maximum atomic E-state index is 11.9. The van der Waals surface area contributed by atoms with Gasteiger partial charge in [-0.1, -0.05) is 37.3 Å². The van der Waals surface area contributed by atoms with Crippen LogP contribution in [0.5, 0.6) is 0 Å². The van der Waals surface area contributed by atoms with Gasteiger partial charge in [0.2, 0.25) is 0 Å². The fraction of sp³-hybridized carbons (Fsp3) is 0.267. The summed E-state index contributed by atoms with van der Waals surface area (Å²) in [6, 6.07) is 13.2. The van der Waals surface area contributed by atoms with Crippen molar-refractivity contribution in [3.05, 3.63) is 53.7 Å². The van der Waals surface area contributed by atoms with Gasteiger partial charge in [-0.15, -0.1) is 10.2 Å². The quantitative estimate of drug-likeness (QED) is 0.844. The molecule has 0 aliphatic heterocycles. The van der Waals surface area contributed by atoms with Gasteiger partial charge in [-0.2, -0.15) is 0 Å². The molecule has 1 amide bonds. The molecule has 1 aromatic heterocycles. The van der Waals surface area contributed by atoms with Gasteiger partial charge in [0.25, 0.3) is 5.91 Å². The molecule has 1 aromatic carbocycles. The summed E-state index contributed by atoms with van der Waals surface area (Å²) in [6.45, 7) is 3.40. The number of benzene rings is 1. The van der Waals surface area contributed by atoms with E-state index < -0.39 is 0 Å². The van der Waals surface area contributed by atoms with E-state index in [-0.39, 0.29) is 5.91 Å². The van der Waals surface area contributed by atoms with Gasteiger partial charge in [0.05, 0.1) is 0 Å². The second-order valence-electron chi connectivity index (χ2n) is 4.40. The SMILES string of the molecule is CCCNc1ccc(C(=O)NCc2ccccc2)nn1. The van der Waals surface area contributed by atoms with Crippen LogP contribution in [0.15, 0.2) is 42.5 Å². The van der Waals surface area contributed by atoms with Crippen molar-refractivity contribution in [2.24, 2.45) is 0 Å². The van der Waals surface area contributed by atoms with Crippen LogP contribution in [0.1, 0.15) is 29.4 Å². The first-order chi connectivity index (χ1) is 9.79. The lowest BCUT2D eigenvalue weighted by Crippen LogP contribution is -2.24. The van der Waals surface area contributed by atoms with E-state index in [2.05, 4.69) is 27.8 Å². The van der Waals surface area contributed by atoms with Crippen molar-refractivity contribution in [1.29, 1.82) is 0 Å². The average molecular weight is 270 g/mol. The lowest BCUT2D eigenvalue weighted by Gasteiger charge is -2.05. The number of aromatic nitrogens is 2. The Labute approximate surface area is 118 Å². The minimum atomic E-state index is -0.219. The number of carbonyl (C=O) groups is 1. The van der Waals surface area contributed by atoms with Crippen molar-refractivity contribution in [3.8, 4) is 0 Å². The zero-order valence-corrected chi connectivity index (χ0v) is 11.5. The summed E-state index contributed by atoms with van der Waals surface area (Å²) in [6.07, 6.45) is 1.01. The van der Waals surface area contributed by atoms with Crippen LogP contribution in [0.3, 0.4) is 0 Å². The van der Waals surface area contributed by atoms with Crippen LogP contribution in [-0.4, -0.2) is 22.6 Å². The Kier molecular flexibility index (Phi) is 5.06. The molecule has 0 bridgehead atoms. The second-order valence-corrected chi connectivity index (χ2v) is 4.40. The summed E-state index contributed by atoms with van der Waals surface area (Å²) in [4.78, 5) is 11.9. The minimum absolute atomic E-state index is 0.219. The minimum Gasteiger partial charge on any atom is -0.369 e. The molecule has 5 nitrogen and oxygen atoms in total. The van der Waals surface area contributed by atoms with Gasteiger partial charge in [-0.25, -0.2) is 0 Å². The maximum Gasteiger partial charge on any atom is 0.272 e. The van der Waals surface area contributed by atoms with Crippen molar-refractivity contribution in [3.63, 3.8) is 0 Å². The molecule has 0 spiro atoms. The number of hydrogen-bond acceptors (Lipinski definition) is 4. The van der Waals surface area contributed by atoms with Gasteiger partial charge in [0, 0.05) is 13.1 Å². The molecule has 0 saturated carbocycles. The number of nitrogens with zero attached hydrogens (tertiary/aromatic N) is 2. The van der Waals surface area contributed by atoms with E-state index in [9.17, 15) is 4.79 Å². The van der Waals surface area contributed by atoms with Gasteiger partial charge in [0.1, 0.15) is 5.82 Å². The first-order valence-electron chi connectivity index (χ1n) is 6.69. The van der Waals surface area contributed by atoms with Crippen LogP contribution >= 0.6 is 0 Å². The van der Waals surface area contributed by atoms with Gasteiger partial charge < -0.3 is 10.6 Å². The molecule has 2 N–H and O–H groups in total. The maximum absolute atomic E-state index is 11.9. The largest absolute Gasteiger partial charge is 0.369 e. The summed E-state index contributed by atoms with van der Waals surface area (Å²) in [5, 5.41) is 13.8. The van der Waals surface area contributed by atoms with Crippen molar-refractivity contribution >= 4 is 11.7 Å². The fourth-order valence-corrected chi connectivity index (χ4v) is 1.67. The lowest BCUT2D eigenvalue weighted by molar-refractivity contribution is 0.0945. The zero-order valence-electron chi connectivity index (χ0n) is 11.5. The van der Waals surface area contributed by atoms with Gasteiger partial charge in [0.15, 0.2) is 5.69 Å². The Balaban J connectivity index is 1.89. The van der Waals surface area contributed by atoms with Crippen LogP contribution in [0.4, 0.5) is 5.82 Å². The van der Waals surface area contributed by atoms with Crippen molar-refractivity contribution in [2.75, 3.05) is 11.9 Å². The number of rotatable bonds is 6. The van der Waals surface area contributed by atoms with Crippen LogP contribution in [0.2, 0.25) is 0 Å². The summed E-state index contributed by atoms with van der Waals surface area (Å²) in [5.41, 5.74) is 1.37. The molecule has 0 radical (unpaired) electrons. The highest BCUT2D eigenvalue weighted by Gasteiger charge is 2.07. The van der Waals surface area contributed by atoms with Crippen molar-refractivity contribution in [1.82, 2.24) is 15.5 Å². The first kappa shape index (κ1) is 14.0. The lowest BCUT2D eigenvalue weighted by atomic mass is 10.2. The smallest absolute Gasteiger partial charge is 0.272 e. The van der Waals surface area contributed by atoms with Crippen LogP contribution in [0.25, 0.3) is 0 Å². The highest BCUT2D eigenvalue weighted by molar-refractivity contribution is 5.92. The summed E-state index contributed by atoms with van der Waals surface area (Å²) >= 11 is 0. The highest BCUT2D eigenvalue weighted by atomic mass is 16.1. The molecule has 0 atom stereocenters. The Morgan fingerprint density at radius 1 is 1.10 bits per heavy atom. The Bertz CT molecular complexity index is 540. The Hall–Kier alpha value is -2.43. The third-order valence-electron chi connectivity index (χ3n) is 2.75. The van der Waals surface area contributed by atoms with Crippen molar-refractivity contribution < 1.29 is 4.79 Å². The molecule has 2 aromatic rings. The zero-order chi connectivity index (χ0) is 14.2. The second kappa shape index (κ2) is 7.23. The van der Waals surface area contributed by atoms with E-state index in [0.717, 1.165) is 18.5 Å². The van der Waals surface area contributed by atoms with E-state index in [0.29, 0.717) is 18.1 Å². The molecule has 104 valence electrons. The molecular weight excluding hydrogens is 252 g/mol. The van der Waals surface area contributed by atoms with E-state index >= 15 is 0 Å². The third kappa shape index (κ3) is 4.05. The normalized spacial score (nSPS) is 10.1. The number of nitrogens with one attached hydrogen (secondary N) is 2. The number of amides is 1. The monoisotopic (exact) mass is 270 g/mol. The Morgan fingerprint density at radius 2 is 1.90 bits per heavy atom. The average Bonchev–Trinajstić information content (AvgIpc) is 2.52. The molecule has 0 unspecified atom stereocenters. The molecule has 0 fully saturated rings. The van der Waals surface area contributed by atoms with Crippen LogP contribution in [0, 0.1) is 0 Å². The van der Waals surface area contributed by atoms with E-state index in [1.54, 1.807) is 12.1 Å². The molecule has 2 rings (SSSR count). The highest BCUT2D eigenvalue weighted by Crippen LogP contribution is 2.03. The molecule has 0 aliphatic carbocycles. The van der Waals surface area contributed by atoms with E-state index in [1.165, 1.54) is 0 Å². The third-order valence-corrected chi connectivity index (χ3v) is 2.75. The summed E-state index contributed by atoms with van der Waals surface area (Å²) in [7, 11) is 0. The van der Waals surface area contributed by atoms with Gasteiger partial charge >= 0.3 is 0 Å². The predicted molar refractivity (Wildman–Crippen MR) is 78.4 cm³/mol.